The highest BCUT2D eigenvalue weighted by Crippen LogP contribution is 2.41. The van der Waals surface area contributed by atoms with Gasteiger partial charge >= 0.3 is 6.09 Å². The van der Waals surface area contributed by atoms with Crippen LogP contribution in [0.4, 0.5) is 4.79 Å². The number of Topliss-reactive ketones (excluding diaryl/α,β-unsaturated/α-hetero) is 2. The van der Waals surface area contributed by atoms with Gasteiger partial charge < -0.3 is 30.3 Å². The summed E-state index contributed by atoms with van der Waals surface area (Å²) in [5, 5.41) is 7.24. The monoisotopic (exact) mass is 668 g/mol. The summed E-state index contributed by atoms with van der Waals surface area (Å²) in [7, 11) is 0. The molecule has 1 saturated carbocycles. The van der Waals surface area contributed by atoms with Crippen LogP contribution < -0.4 is 15.8 Å². The number of carbonyl (C=O) groups is 5. The van der Waals surface area contributed by atoms with Gasteiger partial charge in [-0.2, -0.15) is 0 Å². The van der Waals surface area contributed by atoms with Gasteiger partial charge in [0.2, 0.25) is 11.7 Å². The molecule has 1 aliphatic carbocycles. The number of hydrogen-bond acceptors (Lipinski definition) is 9. The number of ketones is 2. The fraction of sp³-hybridized carbons (Fsp3) is 0.667. The Morgan fingerprint density at radius 1 is 1.10 bits per heavy atom. The van der Waals surface area contributed by atoms with Crippen LogP contribution in [0.25, 0.3) is 0 Å². The van der Waals surface area contributed by atoms with E-state index in [4.69, 9.17) is 20.0 Å². The number of aryl methyl sites for hydroxylation is 2. The van der Waals surface area contributed by atoms with Crippen LogP contribution in [-0.2, 0) is 28.8 Å². The van der Waals surface area contributed by atoms with E-state index in [1.165, 1.54) is 4.90 Å². The zero-order chi connectivity index (χ0) is 35.4. The van der Waals surface area contributed by atoms with Gasteiger partial charge in [0.15, 0.2) is 11.4 Å². The molecule has 0 aromatic heterocycles. The van der Waals surface area contributed by atoms with Crippen molar-refractivity contribution in [1.29, 1.82) is 0 Å². The molecular formula is C36H52N4O8. The van der Waals surface area contributed by atoms with Gasteiger partial charge in [-0.15, -0.1) is 0 Å². The number of benzene rings is 1. The third-order valence-electron chi connectivity index (χ3n) is 9.63. The highest BCUT2D eigenvalue weighted by Gasteiger charge is 2.55. The van der Waals surface area contributed by atoms with Gasteiger partial charge in [0, 0.05) is 30.7 Å². The van der Waals surface area contributed by atoms with E-state index in [1.807, 2.05) is 60.6 Å². The van der Waals surface area contributed by atoms with Gasteiger partial charge in [0.05, 0.1) is 24.9 Å². The van der Waals surface area contributed by atoms with Gasteiger partial charge in [-0.25, -0.2) is 4.79 Å². The number of carbonyl (C=O) groups excluding carboxylic acids is 5. The number of nitrogens with two attached hydrogens (primary N) is 1. The van der Waals surface area contributed by atoms with Crippen molar-refractivity contribution in [3.05, 3.63) is 28.8 Å². The maximum atomic E-state index is 14.5. The van der Waals surface area contributed by atoms with E-state index in [9.17, 15) is 24.0 Å². The first-order chi connectivity index (χ1) is 22.6. The molecule has 0 unspecified atom stereocenters. The number of hydrogen-bond donors (Lipinski definition) is 2. The first-order valence-electron chi connectivity index (χ1n) is 17.2. The molecule has 3 aliphatic rings. The highest BCUT2D eigenvalue weighted by molar-refractivity contribution is 6.36. The minimum absolute atomic E-state index is 0.0401. The molecule has 2 heterocycles. The second-order valence-corrected chi connectivity index (χ2v) is 14.7. The Labute approximate surface area is 283 Å². The van der Waals surface area contributed by atoms with Crippen molar-refractivity contribution in [3.8, 4) is 5.75 Å². The van der Waals surface area contributed by atoms with E-state index in [0.29, 0.717) is 31.6 Å². The quantitative estimate of drug-likeness (QED) is 0.286. The van der Waals surface area contributed by atoms with E-state index in [2.05, 4.69) is 10.5 Å². The SMILES string of the molecule is CCC[C@H](CC(=O)[C@@H]1C[C@]2(CC(c3cc(C)c(OCC)c(C)c3)=NO2)CN1C(=O)[C@@H](NC(=O)OC1CCCC1)C(C)(C)C)C(=O)C(N)=O. The Morgan fingerprint density at radius 3 is 2.31 bits per heavy atom. The molecule has 3 N–H and O–H groups in total. The molecule has 3 amide bonds. The zero-order valence-electron chi connectivity index (χ0n) is 29.5. The number of primary amides is 1. The van der Waals surface area contributed by atoms with Crippen LogP contribution in [0.15, 0.2) is 17.3 Å². The van der Waals surface area contributed by atoms with Crippen LogP contribution in [-0.4, -0.2) is 77.0 Å². The Kier molecular flexibility index (Phi) is 11.6. The average Bonchev–Trinajstić information content (AvgIpc) is 3.77. The predicted octanol–water partition coefficient (Wildman–Crippen LogP) is 4.68. The van der Waals surface area contributed by atoms with Gasteiger partial charge in [0.25, 0.3) is 5.91 Å². The molecule has 2 fully saturated rings. The van der Waals surface area contributed by atoms with Gasteiger partial charge in [0.1, 0.15) is 17.9 Å². The van der Waals surface area contributed by atoms with Gasteiger partial charge in [-0.3, -0.25) is 19.2 Å². The summed E-state index contributed by atoms with van der Waals surface area (Å²) in [5.74, 6) is -2.80. The van der Waals surface area contributed by atoms with Crippen molar-refractivity contribution in [2.24, 2.45) is 22.2 Å². The first kappa shape index (κ1) is 36.9. The minimum Gasteiger partial charge on any atom is -0.493 e. The molecule has 12 nitrogen and oxygen atoms in total. The fourth-order valence-corrected chi connectivity index (χ4v) is 7.20. The third kappa shape index (κ3) is 8.36. The van der Waals surface area contributed by atoms with E-state index < -0.39 is 52.7 Å². The normalized spacial score (nSPS) is 22.2. The van der Waals surface area contributed by atoms with E-state index in [0.717, 1.165) is 48.1 Å². The summed E-state index contributed by atoms with van der Waals surface area (Å²) in [6.45, 7) is 13.8. The molecule has 1 saturated heterocycles. The number of likely N-dealkylation sites (tertiary alicyclic amines) is 1. The number of nitrogens with zero attached hydrogens (tertiary/aromatic N) is 2. The lowest BCUT2D eigenvalue weighted by molar-refractivity contribution is -0.143. The molecule has 4 rings (SSSR count). The standard InChI is InChI=1S/C36H52N4O8/c1-8-12-23(29(42)32(37)43)17-28(41)27-19-36(18-26(39-48-36)24-15-21(3)30(46-9-2)22(4)16-24)20-40(27)33(44)31(35(5,6)7)38-34(45)47-25-13-10-11-14-25/h15-16,23,25,27,31H,8-14,17-20H2,1-7H3,(H2,37,43)(H,38,45)/t23-,27+,31-,36-/m1/s1. The number of nitrogens with one attached hydrogen (secondary N) is 1. The lowest BCUT2D eigenvalue weighted by atomic mass is 9.85. The zero-order valence-corrected chi connectivity index (χ0v) is 29.5. The fourth-order valence-electron chi connectivity index (χ4n) is 7.20. The number of rotatable bonds is 13. The topological polar surface area (TPSA) is 167 Å². The van der Waals surface area contributed by atoms with E-state index in [-0.39, 0.29) is 31.3 Å². The predicted molar refractivity (Wildman–Crippen MR) is 180 cm³/mol. The van der Waals surface area contributed by atoms with Crippen LogP contribution in [0, 0.1) is 25.2 Å². The molecule has 1 aromatic rings. The van der Waals surface area contributed by atoms with Gasteiger partial charge in [-0.1, -0.05) is 39.3 Å². The summed E-state index contributed by atoms with van der Waals surface area (Å²) in [6, 6.07) is 1.97. The maximum absolute atomic E-state index is 14.5. The Bertz CT molecular complexity index is 1420. The summed E-state index contributed by atoms with van der Waals surface area (Å²) in [4.78, 5) is 73.6. The van der Waals surface area contributed by atoms with Crippen LogP contribution >= 0.6 is 0 Å². The summed E-state index contributed by atoms with van der Waals surface area (Å²) < 4.78 is 11.4. The van der Waals surface area contributed by atoms with Crippen LogP contribution in [0.3, 0.4) is 0 Å². The van der Waals surface area contributed by atoms with Crippen molar-refractivity contribution in [3.63, 3.8) is 0 Å². The molecule has 0 radical (unpaired) electrons. The second-order valence-electron chi connectivity index (χ2n) is 14.7. The van der Waals surface area contributed by atoms with E-state index >= 15 is 0 Å². The van der Waals surface area contributed by atoms with Crippen LogP contribution in [0.5, 0.6) is 5.75 Å². The van der Waals surface area contributed by atoms with E-state index in [1.54, 1.807) is 0 Å². The van der Waals surface area contributed by atoms with Crippen molar-refractivity contribution in [2.45, 2.75) is 130 Å². The smallest absolute Gasteiger partial charge is 0.408 e. The van der Waals surface area contributed by atoms with Crippen LogP contribution in [0.2, 0.25) is 0 Å². The number of amides is 3. The molecule has 2 aliphatic heterocycles. The van der Waals surface area contributed by atoms with Gasteiger partial charge in [-0.05, 0) is 81.5 Å². The molecule has 1 spiro atoms. The van der Waals surface area contributed by atoms with Crippen LogP contribution in [0.1, 0.15) is 109 Å². The molecule has 4 atom stereocenters. The second kappa shape index (κ2) is 15.1. The largest absolute Gasteiger partial charge is 0.493 e. The lowest BCUT2D eigenvalue weighted by Gasteiger charge is -2.35. The Balaban J connectivity index is 1.63. The van der Waals surface area contributed by atoms with Crippen molar-refractivity contribution < 1.29 is 38.3 Å². The molecule has 48 heavy (non-hydrogen) atoms. The summed E-state index contributed by atoms with van der Waals surface area (Å²) in [6.07, 6.45) is 3.75. The minimum atomic E-state index is -1.09. The average molecular weight is 669 g/mol. The number of alkyl carbamates (subject to hydrolysis) is 1. The highest BCUT2D eigenvalue weighted by atomic mass is 16.7. The molecule has 0 bridgehead atoms. The molecular weight excluding hydrogens is 616 g/mol. The van der Waals surface area contributed by atoms with Crippen molar-refractivity contribution in [2.75, 3.05) is 13.2 Å². The molecule has 264 valence electrons. The first-order valence-corrected chi connectivity index (χ1v) is 17.2. The van der Waals surface area contributed by atoms with Crippen molar-refractivity contribution >= 4 is 35.2 Å². The number of ether oxygens (including phenoxy) is 2. The molecule has 12 heteroatoms. The Hall–Kier alpha value is -3.96. The lowest BCUT2D eigenvalue weighted by Crippen LogP contribution is -2.57. The van der Waals surface area contributed by atoms with Crippen molar-refractivity contribution in [1.82, 2.24) is 10.2 Å². The summed E-state index contributed by atoms with van der Waals surface area (Å²) in [5.41, 5.74) is 7.02. The molecule has 1 aromatic carbocycles. The Morgan fingerprint density at radius 2 is 1.75 bits per heavy atom. The maximum Gasteiger partial charge on any atom is 0.408 e. The number of oxime groups is 1. The summed E-state index contributed by atoms with van der Waals surface area (Å²) >= 11 is 0. The third-order valence-corrected chi connectivity index (χ3v) is 9.63.